The Labute approximate surface area is 79.2 Å². The second-order valence-electron chi connectivity index (χ2n) is 3.31. The maximum Gasteiger partial charge on any atom is 0.108 e. The molecule has 1 aromatic rings. The van der Waals surface area contributed by atoms with E-state index in [2.05, 4.69) is 0 Å². The van der Waals surface area contributed by atoms with Gasteiger partial charge in [0.2, 0.25) is 0 Å². The van der Waals surface area contributed by atoms with E-state index in [-0.39, 0.29) is 6.10 Å². The molecule has 0 saturated heterocycles. The van der Waals surface area contributed by atoms with Crippen molar-refractivity contribution < 1.29 is 9.84 Å². The van der Waals surface area contributed by atoms with Crippen molar-refractivity contribution in [2.75, 3.05) is 7.11 Å². The van der Waals surface area contributed by atoms with Gasteiger partial charge in [0, 0.05) is 7.11 Å². The van der Waals surface area contributed by atoms with Crippen LogP contribution in [0.25, 0.3) is 0 Å². The topological polar surface area (TPSA) is 29.5 Å². The average molecular weight is 180 g/mol. The summed E-state index contributed by atoms with van der Waals surface area (Å²) >= 11 is 0. The first kappa shape index (κ1) is 10.2. The molecule has 1 rings (SSSR count). The molecule has 0 aliphatic rings. The van der Waals surface area contributed by atoms with Gasteiger partial charge in [-0.05, 0) is 19.4 Å². The minimum Gasteiger partial charge on any atom is -0.390 e. The molecule has 0 bridgehead atoms. The second-order valence-corrected chi connectivity index (χ2v) is 3.31. The number of rotatable bonds is 3. The molecular formula is C11H16O2. The van der Waals surface area contributed by atoms with Crippen LogP contribution in [0, 0.1) is 6.92 Å². The molecule has 0 aliphatic heterocycles. The van der Waals surface area contributed by atoms with Gasteiger partial charge >= 0.3 is 0 Å². The first-order valence-corrected chi connectivity index (χ1v) is 4.42. The number of hydrogen-bond acceptors (Lipinski definition) is 2. The molecule has 0 aliphatic carbocycles. The Bertz CT molecular complexity index is 251. The van der Waals surface area contributed by atoms with Gasteiger partial charge in [0.05, 0.1) is 6.10 Å². The summed E-state index contributed by atoms with van der Waals surface area (Å²) in [5, 5.41) is 9.41. The lowest BCUT2D eigenvalue weighted by Gasteiger charge is -2.18. The van der Waals surface area contributed by atoms with Crippen molar-refractivity contribution in [3.8, 4) is 0 Å². The summed E-state index contributed by atoms with van der Waals surface area (Å²) < 4.78 is 5.19. The molecule has 0 saturated carbocycles. The summed E-state index contributed by atoms with van der Waals surface area (Å²) in [6, 6.07) is 8.00. The van der Waals surface area contributed by atoms with Crippen LogP contribution in [0.5, 0.6) is 0 Å². The average Bonchev–Trinajstić information content (AvgIpc) is 2.09. The molecule has 2 atom stereocenters. The van der Waals surface area contributed by atoms with Gasteiger partial charge in [0.15, 0.2) is 0 Å². The molecule has 0 amide bonds. The van der Waals surface area contributed by atoms with E-state index in [1.54, 1.807) is 14.0 Å². The van der Waals surface area contributed by atoms with E-state index < -0.39 is 6.10 Å². The van der Waals surface area contributed by atoms with Gasteiger partial charge in [-0.15, -0.1) is 0 Å². The van der Waals surface area contributed by atoms with Crippen molar-refractivity contribution in [1.29, 1.82) is 0 Å². The minimum absolute atomic E-state index is 0.222. The van der Waals surface area contributed by atoms with Gasteiger partial charge in [0.25, 0.3) is 0 Å². The quantitative estimate of drug-likeness (QED) is 0.771. The van der Waals surface area contributed by atoms with E-state index in [9.17, 15) is 5.11 Å². The van der Waals surface area contributed by atoms with Crippen LogP contribution in [0.3, 0.4) is 0 Å². The molecule has 1 N–H and O–H groups in total. The third kappa shape index (κ3) is 2.54. The lowest BCUT2D eigenvalue weighted by molar-refractivity contribution is -0.00348. The summed E-state index contributed by atoms with van der Waals surface area (Å²) in [6.45, 7) is 3.77. The number of ether oxygens (including phenoxy) is 1. The number of aliphatic hydroxyl groups is 1. The molecule has 0 radical (unpaired) electrons. The van der Waals surface area contributed by atoms with Crippen LogP contribution in [0.4, 0.5) is 0 Å². The molecule has 0 heterocycles. The van der Waals surface area contributed by atoms with E-state index >= 15 is 0 Å². The fraction of sp³-hybridized carbons (Fsp3) is 0.455. The largest absolute Gasteiger partial charge is 0.390 e. The number of benzene rings is 1. The fourth-order valence-electron chi connectivity index (χ4n) is 1.37. The van der Waals surface area contributed by atoms with Crippen molar-refractivity contribution in [2.24, 2.45) is 0 Å². The van der Waals surface area contributed by atoms with Crippen LogP contribution in [0.2, 0.25) is 0 Å². The van der Waals surface area contributed by atoms with Crippen LogP contribution in [-0.2, 0) is 4.74 Å². The van der Waals surface area contributed by atoms with Gasteiger partial charge in [0.1, 0.15) is 6.10 Å². The highest BCUT2D eigenvalue weighted by Gasteiger charge is 2.15. The Morgan fingerprint density at radius 1 is 1.23 bits per heavy atom. The van der Waals surface area contributed by atoms with Crippen molar-refractivity contribution in [1.82, 2.24) is 0 Å². The zero-order valence-corrected chi connectivity index (χ0v) is 8.32. The lowest BCUT2D eigenvalue weighted by atomic mass is 10.0. The van der Waals surface area contributed by atoms with Crippen LogP contribution >= 0.6 is 0 Å². The standard InChI is InChI=1S/C11H16O2/c1-8-4-6-10(7-5-8)11(13-3)9(2)12/h4-7,9,11-12H,1-3H3. The van der Waals surface area contributed by atoms with Gasteiger partial charge in [-0.25, -0.2) is 0 Å². The minimum atomic E-state index is -0.479. The molecule has 2 heteroatoms. The highest BCUT2D eigenvalue weighted by atomic mass is 16.5. The highest BCUT2D eigenvalue weighted by molar-refractivity contribution is 5.23. The summed E-state index contributed by atoms with van der Waals surface area (Å²) in [4.78, 5) is 0. The van der Waals surface area contributed by atoms with Crippen LogP contribution in [0.1, 0.15) is 24.2 Å². The van der Waals surface area contributed by atoms with Gasteiger partial charge in [-0.1, -0.05) is 29.8 Å². The summed E-state index contributed by atoms with van der Waals surface area (Å²) in [6.07, 6.45) is -0.701. The number of hydrogen-bond donors (Lipinski definition) is 1. The van der Waals surface area contributed by atoms with Crippen LogP contribution in [0.15, 0.2) is 24.3 Å². The van der Waals surface area contributed by atoms with Crippen LogP contribution < -0.4 is 0 Å². The molecule has 2 unspecified atom stereocenters. The van der Waals surface area contributed by atoms with E-state index in [1.165, 1.54) is 5.56 Å². The molecule has 72 valence electrons. The fourth-order valence-corrected chi connectivity index (χ4v) is 1.37. The summed E-state index contributed by atoms with van der Waals surface area (Å²) in [5.74, 6) is 0. The Balaban J connectivity index is 2.86. The predicted molar refractivity (Wildman–Crippen MR) is 52.6 cm³/mol. The first-order valence-electron chi connectivity index (χ1n) is 4.42. The third-order valence-corrected chi connectivity index (χ3v) is 2.10. The molecule has 0 spiro atoms. The van der Waals surface area contributed by atoms with E-state index in [4.69, 9.17) is 4.74 Å². The van der Waals surface area contributed by atoms with E-state index in [0.717, 1.165) is 5.56 Å². The van der Waals surface area contributed by atoms with E-state index in [1.807, 2.05) is 31.2 Å². The lowest BCUT2D eigenvalue weighted by Crippen LogP contribution is -2.16. The SMILES string of the molecule is COC(c1ccc(C)cc1)C(C)O. The molecule has 0 aromatic heterocycles. The van der Waals surface area contributed by atoms with Gasteiger partial charge in [-0.2, -0.15) is 0 Å². The van der Waals surface area contributed by atoms with Crippen molar-refractivity contribution in [3.63, 3.8) is 0 Å². The normalized spacial score (nSPS) is 15.4. The molecule has 13 heavy (non-hydrogen) atoms. The number of aryl methyl sites for hydroxylation is 1. The Morgan fingerprint density at radius 3 is 2.15 bits per heavy atom. The number of aliphatic hydroxyl groups excluding tert-OH is 1. The zero-order valence-electron chi connectivity index (χ0n) is 8.32. The monoisotopic (exact) mass is 180 g/mol. The highest BCUT2D eigenvalue weighted by Crippen LogP contribution is 2.20. The van der Waals surface area contributed by atoms with E-state index in [0.29, 0.717) is 0 Å². The van der Waals surface area contributed by atoms with Gasteiger partial charge in [-0.3, -0.25) is 0 Å². The third-order valence-electron chi connectivity index (χ3n) is 2.10. The molecule has 0 fully saturated rings. The van der Waals surface area contributed by atoms with Crippen molar-refractivity contribution in [2.45, 2.75) is 26.1 Å². The Kier molecular flexibility index (Phi) is 3.46. The number of methoxy groups -OCH3 is 1. The van der Waals surface area contributed by atoms with Crippen molar-refractivity contribution in [3.05, 3.63) is 35.4 Å². The Hall–Kier alpha value is -0.860. The summed E-state index contributed by atoms with van der Waals surface area (Å²) in [5.41, 5.74) is 2.23. The maximum absolute atomic E-state index is 9.41. The first-order chi connectivity index (χ1) is 6.15. The molecule has 1 aromatic carbocycles. The predicted octanol–water partition coefficient (Wildman–Crippen LogP) is 2.06. The van der Waals surface area contributed by atoms with Crippen molar-refractivity contribution >= 4 is 0 Å². The zero-order chi connectivity index (χ0) is 9.84. The maximum atomic E-state index is 9.41. The Morgan fingerprint density at radius 2 is 1.77 bits per heavy atom. The second kappa shape index (κ2) is 4.40. The van der Waals surface area contributed by atoms with Crippen LogP contribution in [-0.4, -0.2) is 18.3 Å². The molecular weight excluding hydrogens is 164 g/mol. The summed E-state index contributed by atoms with van der Waals surface area (Å²) in [7, 11) is 1.61. The van der Waals surface area contributed by atoms with Gasteiger partial charge < -0.3 is 9.84 Å². The molecule has 2 nitrogen and oxygen atoms in total. The smallest absolute Gasteiger partial charge is 0.108 e.